The maximum absolute atomic E-state index is 5.95. The third-order valence-electron chi connectivity index (χ3n) is 4.57. The van der Waals surface area contributed by atoms with E-state index >= 15 is 0 Å². The monoisotopic (exact) mass is 258 g/mol. The summed E-state index contributed by atoms with van der Waals surface area (Å²) in [5, 5.41) is 0. The topological polar surface area (TPSA) is 47.1 Å². The van der Waals surface area contributed by atoms with E-state index in [1.165, 1.54) is 30.5 Å². The Morgan fingerprint density at radius 2 is 2.21 bits per heavy atom. The van der Waals surface area contributed by atoms with E-state index in [9.17, 15) is 0 Å². The minimum Gasteiger partial charge on any atom is -0.374 e. The van der Waals surface area contributed by atoms with E-state index in [1.54, 1.807) is 0 Å². The van der Waals surface area contributed by atoms with Crippen LogP contribution in [0.5, 0.6) is 0 Å². The fraction of sp³-hybridized carbons (Fsp3) is 0.533. The third kappa shape index (κ3) is 2.10. The molecule has 4 nitrogen and oxygen atoms in total. The van der Waals surface area contributed by atoms with Crippen LogP contribution < -0.4 is 10.6 Å². The largest absolute Gasteiger partial charge is 0.374 e. The lowest BCUT2D eigenvalue weighted by Crippen LogP contribution is -2.46. The molecule has 0 unspecified atom stereocenters. The minimum absolute atomic E-state index is 0.341. The highest BCUT2D eigenvalue weighted by Gasteiger charge is 2.36. The summed E-state index contributed by atoms with van der Waals surface area (Å²) in [6.45, 7) is 1.84. The number of anilines is 1. The van der Waals surface area contributed by atoms with Gasteiger partial charge in [0.2, 0.25) is 0 Å². The molecule has 1 saturated carbocycles. The van der Waals surface area contributed by atoms with Crippen molar-refractivity contribution in [2.45, 2.75) is 19.3 Å². The number of fused-ring (bicyclic) bond motifs is 1. The van der Waals surface area contributed by atoms with Gasteiger partial charge >= 0.3 is 0 Å². The lowest BCUT2D eigenvalue weighted by Gasteiger charge is -2.44. The Labute approximate surface area is 114 Å². The van der Waals surface area contributed by atoms with Crippen molar-refractivity contribution in [3.63, 3.8) is 0 Å². The standard InChI is InChI=1S/C15H22N4/c1-18(10-15(9-16)6-3-7-15)12-4-5-14-13(8-12)17-11-19(14)2/h4-5,8,11H,3,6-7,9-10,16H2,1-2H3. The summed E-state index contributed by atoms with van der Waals surface area (Å²) < 4.78 is 2.05. The summed E-state index contributed by atoms with van der Waals surface area (Å²) in [4.78, 5) is 6.74. The molecule has 1 aromatic heterocycles. The Balaban J connectivity index is 1.83. The highest BCUT2D eigenvalue weighted by molar-refractivity contribution is 5.79. The molecule has 0 atom stereocenters. The number of nitrogens with zero attached hydrogens (tertiary/aromatic N) is 3. The molecule has 19 heavy (non-hydrogen) atoms. The van der Waals surface area contributed by atoms with Crippen molar-refractivity contribution >= 4 is 16.7 Å². The van der Waals surface area contributed by atoms with Gasteiger partial charge in [0.05, 0.1) is 17.4 Å². The first-order chi connectivity index (χ1) is 9.13. The van der Waals surface area contributed by atoms with Crippen molar-refractivity contribution in [2.24, 2.45) is 18.2 Å². The van der Waals surface area contributed by atoms with Crippen molar-refractivity contribution in [3.05, 3.63) is 24.5 Å². The van der Waals surface area contributed by atoms with Crippen LogP contribution in [-0.2, 0) is 7.05 Å². The molecule has 2 aromatic rings. The molecule has 0 spiro atoms. The molecule has 1 aliphatic rings. The average Bonchev–Trinajstić information content (AvgIpc) is 2.75. The molecule has 0 saturated heterocycles. The molecule has 102 valence electrons. The second-order valence-electron chi connectivity index (χ2n) is 5.94. The van der Waals surface area contributed by atoms with Crippen LogP contribution >= 0.6 is 0 Å². The first kappa shape index (κ1) is 12.5. The summed E-state index contributed by atoms with van der Waals surface area (Å²) >= 11 is 0. The molecule has 0 bridgehead atoms. The Kier molecular flexibility index (Phi) is 2.97. The van der Waals surface area contributed by atoms with Gasteiger partial charge in [0.1, 0.15) is 0 Å². The third-order valence-corrected chi connectivity index (χ3v) is 4.57. The normalized spacial score (nSPS) is 17.4. The molecule has 1 aromatic carbocycles. The highest BCUT2D eigenvalue weighted by Crippen LogP contribution is 2.41. The maximum atomic E-state index is 5.95. The van der Waals surface area contributed by atoms with Crippen LogP contribution in [0.2, 0.25) is 0 Å². The summed E-state index contributed by atoms with van der Waals surface area (Å²) in [6, 6.07) is 6.48. The molecule has 1 fully saturated rings. The molecule has 1 aliphatic carbocycles. The Bertz CT molecular complexity index is 577. The summed E-state index contributed by atoms with van der Waals surface area (Å²) in [6.07, 6.45) is 5.71. The van der Waals surface area contributed by atoms with Crippen LogP contribution in [0.3, 0.4) is 0 Å². The molecule has 3 rings (SSSR count). The fourth-order valence-electron chi connectivity index (χ4n) is 3.06. The quantitative estimate of drug-likeness (QED) is 0.914. The van der Waals surface area contributed by atoms with Gasteiger partial charge in [0.25, 0.3) is 0 Å². The Morgan fingerprint density at radius 1 is 1.42 bits per heavy atom. The molecule has 2 N–H and O–H groups in total. The van der Waals surface area contributed by atoms with Crippen LogP contribution in [0, 0.1) is 5.41 Å². The van der Waals surface area contributed by atoms with Crippen LogP contribution in [0.4, 0.5) is 5.69 Å². The van der Waals surface area contributed by atoms with Gasteiger partial charge in [-0.25, -0.2) is 4.98 Å². The van der Waals surface area contributed by atoms with Gasteiger partial charge in [0.15, 0.2) is 0 Å². The number of aromatic nitrogens is 2. The smallest absolute Gasteiger partial charge is 0.0955 e. The molecule has 4 heteroatoms. The van der Waals surface area contributed by atoms with Gasteiger partial charge in [0, 0.05) is 31.7 Å². The maximum Gasteiger partial charge on any atom is 0.0955 e. The number of imidazole rings is 1. The van der Waals surface area contributed by atoms with E-state index in [2.05, 4.69) is 35.1 Å². The van der Waals surface area contributed by atoms with Crippen molar-refractivity contribution < 1.29 is 0 Å². The molecule has 1 heterocycles. The Hall–Kier alpha value is -1.55. The predicted molar refractivity (Wildman–Crippen MR) is 79.3 cm³/mol. The van der Waals surface area contributed by atoms with Crippen molar-refractivity contribution in [2.75, 3.05) is 25.0 Å². The van der Waals surface area contributed by atoms with Gasteiger partial charge in [-0.15, -0.1) is 0 Å². The Morgan fingerprint density at radius 3 is 2.84 bits per heavy atom. The summed E-state index contributed by atoms with van der Waals surface area (Å²) in [5.74, 6) is 0. The number of nitrogens with two attached hydrogens (primary N) is 1. The second kappa shape index (κ2) is 4.53. The lowest BCUT2D eigenvalue weighted by molar-refractivity contribution is 0.154. The van der Waals surface area contributed by atoms with Gasteiger partial charge < -0.3 is 15.2 Å². The highest BCUT2D eigenvalue weighted by atomic mass is 15.1. The lowest BCUT2D eigenvalue weighted by atomic mass is 9.68. The zero-order valence-electron chi connectivity index (χ0n) is 11.8. The number of benzene rings is 1. The van der Waals surface area contributed by atoms with E-state index in [4.69, 9.17) is 5.73 Å². The number of hydrogen-bond donors (Lipinski definition) is 1. The molecule has 0 radical (unpaired) electrons. The molecule has 0 aliphatic heterocycles. The molecule has 0 amide bonds. The summed E-state index contributed by atoms with van der Waals surface area (Å²) in [5.41, 5.74) is 9.75. The zero-order valence-corrected chi connectivity index (χ0v) is 11.8. The van der Waals surface area contributed by atoms with Crippen LogP contribution in [-0.4, -0.2) is 29.7 Å². The fourth-order valence-corrected chi connectivity index (χ4v) is 3.06. The number of rotatable bonds is 4. The molecular weight excluding hydrogens is 236 g/mol. The number of hydrogen-bond acceptors (Lipinski definition) is 3. The van der Waals surface area contributed by atoms with Gasteiger partial charge in [-0.3, -0.25) is 0 Å². The van der Waals surface area contributed by atoms with Gasteiger partial charge in [-0.1, -0.05) is 6.42 Å². The minimum atomic E-state index is 0.341. The van der Waals surface area contributed by atoms with E-state index in [0.29, 0.717) is 5.41 Å². The van der Waals surface area contributed by atoms with Crippen molar-refractivity contribution in [1.29, 1.82) is 0 Å². The predicted octanol–water partition coefficient (Wildman–Crippen LogP) is 2.14. The SMILES string of the molecule is CN(CC1(CN)CCC1)c1ccc2c(c1)ncn2C. The van der Waals surface area contributed by atoms with E-state index < -0.39 is 0 Å². The average molecular weight is 258 g/mol. The van der Waals surface area contributed by atoms with Crippen molar-refractivity contribution in [1.82, 2.24) is 9.55 Å². The van der Waals surface area contributed by atoms with Crippen LogP contribution in [0.25, 0.3) is 11.0 Å². The van der Waals surface area contributed by atoms with Crippen molar-refractivity contribution in [3.8, 4) is 0 Å². The van der Waals surface area contributed by atoms with Crippen LogP contribution in [0.15, 0.2) is 24.5 Å². The van der Waals surface area contributed by atoms with E-state index in [-0.39, 0.29) is 0 Å². The molecular formula is C15H22N4. The van der Waals surface area contributed by atoms with Gasteiger partial charge in [-0.05, 0) is 37.6 Å². The summed E-state index contributed by atoms with van der Waals surface area (Å²) in [7, 11) is 4.18. The van der Waals surface area contributed by atoms with E-state index in [0.717, 1.165) is 18.6 Å². The first-order valence-corrected chi connectivity index (χ1v) is 6.96. The second-order valence-corrected chi connectivity index (χ2v) is 5.94. The van der Waals surface area contributed by atoms with Gasteiger partial charge in [-0.2, -0.15) is 0 Å². The first-order valence-electron chi connectivity index (χ1n) is 6.96. The van der Waals surface area contributed by atoms with Crippen LogP contribution in [0.1, 0.15) is 19.3 Å². The van der Waals surface area contributed by atoms with E-state index in [1.807, 2.05) is 17.9 Å². The number of aryl methyl sites for hydroxylation is 1. The zero-order chi connectivity index (χ0) is 13.5.